The highest BCUT2D eigenvalue weighted by Gasteiger charge is 2.47. The van der Waals surface area contributed by atoms with Crippen molar-refractivity contribution in [2.24, 2.45) is 5.92 Å². The van der Waals surface area contributed by atoms with Crippen molar-refractivity contribution >= 4 is 11.6 Å². The number of aromatic nitrogens is 4. The molecule has 2 aliphatic carbocycles. The fourth-order valence-corrected chi connectivity index (χ4v) is 2.56. The van der Waals surface area contributed by atoms with Gasteiger partial charge in [0, 0.05) is 11.7 Å². The number of rotatable bonds is 4. The maximum Gasteiger partial charge on any atom is 0.271 e. The van der Waals surface area contributed by atoms with E-state index in [4.69, 9.17) is 0 Å². The molecule has 4 rings (SSSR count). The monoisotopic (exact) mass is 257 g/mol. The van der Waals surface area contributed by atoms with E-state index in [1.807, 2.05) is 0 Å². The molecule has 0 saturated heterocycles. The van der Waals surface area contributed by atoms with Gasteiger partial charge >= 0.3 is 0 Å². The van der Waals surface area contributed by atoms with Gasteiger partial charge < -0.3 is 5.32 Å². The third kappa shape index (κ3) is 2.07. The number of nitrogens with zero attached hydrogens (tertiary/aromatic N) is 4. The van der Waals surface area contributed by atoms with E-state index in [2.05, 4.69) is 20.5 Å². The van der Waals surface area contributed by atoms with Gasteiger partial charge in [0.15, 0.2) is 5.65 Å². The highest BCUT2D eigenvalue weighted by molar-refractivity contribution is 5.93. The molecule has 19 heavy (non-hydrogen) atoms. The van der Waals surface area contributed by atoms with Crippen molar-refractivity contribution in [1.29, 1.82) is 0 Å². The molecule has 6 heteroatoms. The van der Waals surface area contributed by atoms with Crippen LogP contribution >= 0.6 is 0 Å². The number of carbonyl (C=O) groups is 1. The summed E-state index contributed by atoms with van der Waals surface area (Å²) < 4.78 is 1.71. The second-order valence-corrected chi connectivity index (χ2v) is 5.75. The molecule has 1 N–H and O–H groups in total. The van der Waals surface area contributed by atoms with Gasteiger partial charge in [0.05, 0.1) is 6.20 Å². The van der Waals surface area contributed by atoms with E-state index < -0.39 is 0 Å². The summed E-state index contributed by atoms with van der Waals surface area (Å²) >= 11 is 0. The first-order chi connectivity index (χ1) is 9.24. The molecule has 2 aliphatic rings. The van der Waals surface area contributed by atoms with Gasteiger partial charge in [-0.2, -0.15) is 0 Å². The number of carbonyl (C=O) groups excluding carboxylic acids is 1. The van der Waals surface area contributed by atoms with Gasteiger partial charge in [-0.25, -0.2) is 4.98 Å². The van der Waals surface area contributed by atoms with Crippen molar-refractivity contribution in [3.63, 3.8) is 0 Å². The van der Waals surface area contributed by atoms with Crippen LogP contribution in [0.25, 0.3) is 5.65 Å². The summed E-state index contributed by atoms with van der Waals surface area (Å²) in [6.07, 6.45) is 10.8. The molecule has 0 atom stereocenters. The van der Waals surface area contributed by atoms with Crippen molar-refractivity contribution in [1.82, 2.24) is 24.9 Å². The SMILES string of the molecule is O=C(NC1(CC2CC2)CC1)c1cn2cnnc2cn1. The zero-order chi connectivity index (χ0) is 12.9. The minimum absolute atomic E-state index is 0.0576. The smallest absolute Gasteiger partial charge is 0.271 e. The highest BCUT2D eigenvalue weighted by Crippen LogP contribution is 2.47. The second kappa shape index (κ2) is 3.76. The van der Waals surface area contributed by atoms with Crippen LogP contribution in [0.15, 0.2) is 18.7 Å². The summed E-state index contributed by atoms with van der Waals surface area (Å²) in [6, 6.07) is 0. The van der Waals surface area contributed by atoms with Crippen LogP contribution in [0, 0.1) is 5.92 Å². The van der Waals surface area contributed by atoms with Crippen molar-refractivity contribution in [3.8, 4) is 0 Å². The molecule has 1 amide bonds. The Morgan fingerprint density at radius 3 is 3.05 bits per heavy atom. The number of hydrogen-bond donors (Lipinski definition) is 1. The molecule has 2 saturated carbocycles. The lowest BCUT2D eigenvalue weighted by Crippen LogP contribution is -2.37. The van der Waals surface area contributed by atoms with E-state index in [0.717, 1.165) is 25.2 Å². The Bertz CT molecular complexity index is 641. The van der Waals surface area contributed by atoms with E-state index in [-0.39, 0.29) is 11.4 Å². The summed E-state index contributed by atoms with van der Waals surface area (Å²) in [5.41, 5.74) is 1.13. The van der Waals surface area contributed by atoms with Crippen molar-refractivity contribution in [2.75, 3.05) is 0 Å². The fourth-order valence-electron chi connectivity index (χ4n) is 2.56. The molecule has 2 aromatic rings. The van der Waals surface area contributed by atoms with Crippen LogP contribution < -0.4 is 5.32 Å². The highest BCUT2D eigenvalue weighted by atomic mass is 16.2. The molecule has 2 fully saturated rings. The first kappa shape index (κ1) is 10.9. The quantitative estimate of drug-likeness (QED) is 0.893. The molecule has 0 spiro atoms. The molecule has 0 unspecified atom stereocenters. The Morgan fingerprint density at radius 2 is 2.32 bits per heavy atom. The lowest BCUT2D eigenvalue weighted by atomic mass is 10.1. The predicted molar refractivity (Wildman–Crippen MR) is 67.6 cm³/mol. The van der Waals surface area contributed by atoms with Gasteiger partial charge in [0.2, 0.25) is 0 Å². The van der Waals surface area contributed by atoms with Crippen molar-refractivity contribution in [2.45, 2.75) is 37.6 Å². The standard InChI is InChI=1S/C13H15N5O/c19-12(16-13(3-4-13)5-9-1-2-9)10-7-18-8-15-17-11(18)6-14-10/h6-9H,1-5H2,(H,16,19). The molecule has 2 heterocycles. The van der Waals surface area contributed by atoms with Crippen LogP contribution in [0.5, 0.6) is 0 Å². The van der Waals surface area contributed by atoms with E-state index in [0.29, 0.717) is 11.3 Å². The molecular formula is C13H15N5O. The van der Waals surface area contributed by atoms with Gasteiger partial charge in [0.25, 0.3) is 5.91 Å². The summed E-state index contributed by atoms with van der Waals surface area (Å²) in [5.74, 6) is 0.741. The van der Waals surface area contributed by atoms with E-state index in [9.17, 15) is 4.79 Å². The fraction of sp³-hybridized carbons (Fsp3) is 0.538. The van der Waals surface area contributed by atoms with Crippen LogP contribution in [0.3, 0.4) is 0 Å². The maximum atomic E-state index is 12.2. The number of nitrogens with one attached hydrogen (secondary N) is 1. The van der Waals surface area contributed by atoms with Gasteiger partial charge in [-0.1, -0.05) is 12.8 Å². The van der Waals surface area contributed by atoms with Gasteiger partial charge in [-0.05, 0) is 25.2 Å². The molecule has 98 valence electrons. The summed E-state index contributed by atoms with van der Waals surface area (Å²) in [4.78, 5) is 16.4. The largest absolute Gasteiger partial charge is 0.345 e. The zero-order valence-corrected chi connectivity index (χ0v) is 10.5. The third-order valence-corrected chi connectivity index (χ3v) is 4.02. The molecule has 0 aliphatic heterocycles. The summed E-state index contributed by atoms with van der Waals surface area (Å²) in [5, 5.41) is 10.8. The lowest BCUT2D eigenvalue weighted by molar-refractivity contribution is 0.0922. The van der Waals surface area contributed by atoms with Gasteiger partial charge in [-0.3, -0.25) is 9.20 Å². The van der Waals surface area contributed by atoms with Crippen LogP contribution in [0.4, 0.5) is 0 Å². The number of fused-ring (bicyclic) bond motifs is 1. The molecule has 0 bridgehead atoms. The van der Waals surface area contributed by atoms with E-state index in [1.165, 1.54) is 12.8 Å². The van der Waals surface area contributed by atoms with Crippen molar-refractivity contribution < 1.29 is 4.79 Å². The summed E-state index contributed by atoms with van der Waals surface area (Å²) in [6.45, 7) is 0. The Balaban J connectivity index is 1.52. The van der Waals surface area contributed by atoms with E-state index >= 15 is 0 Å². The minimum Gasteiger partial charge on any atom is -0.345 e. The van der Waals surface area contributed by atoms with Crippen LogP contribution in [0.2, 0.25) is 0 Å². The van der Waals surface area contributed by atoms with Crippen LogP contribution in [-0.2, 0) is 0 Å². The molecule has 0 radical (unpaired) electrons. The normalized spacial score (nSPS) is 20.4. The van der Waals surface area contributed by atoms with Crippen LogP contribution in [-0.4, -0.2) is 31.0 Å². The second-order valence-electron chi connectivity index (χ2n) is 5.75. The zero-order valence-electron chi connectivity index (χ0n) is 10.5. The molecular weight excluding hydrogens is 242 g/mol. The first-order valence-corrected chi connectivity index (χ1v) is 6.72. The number of hydrogen-bond acceptors (Lipinski definition) is 4. The molecule has 6 nitrogen and oxygen atoms in total. The van der Waals surface area contributed by atoms with Crippen molar-refractivity contribution in [3.05, 3.63) is 24.4 Å². The predicted octanol–water partition coefficient (Wildman–Crippen LogP) is 1.19. The average molecular weight is 257 g/mol. The Hall–Kier alpha value is -1.98. The lowest BCUT2D eigenvalue weighted by Gasteiger charge is -2.16. The minimum atomic E-state index is -0.0891. The Labute approximate surface area is 110 Å². The third-order valence-electron chi connectivity index (χ3n) is 4.02. The Morgan fingerprint density at radius 1 is 1.47 bits per heavy atom. The van der Waals surface area contributed by atoms with Gasteiger partial charge in [0.1, 0.15) is 12.0 Å². The topological polar surface area (TPSA) is 72.2 Å². The average Bonchev–Trinajstić information content (AvgIpc) is 3.32. The Kier molecular flexibility index (Phi) is 2.15. The first-order valence-electron chi connectivity index (χ1n) is 6.72. The van der Waals surface area contributed by atoms with Crippen LogP contribution in [0.1, 0.15) is 42.6 Å². The molecule has 2 aromatic heterocycles. The number of amides is 1. The molecule has 0 aromatic carbocycles. The van der Waals surface area contributed by atoms with Gasteiger partial charge in [-0.15, -0.1) is 10.2 Å². The summed E-state index contributed by atoms with van der Waals surface area (Å²) in [7, 11) is 0. The maximum absolute atomic E-state index is 12.2. The van der Waals surface area contributed by atoms with E-state index in [1.54, 1.807) is 23.1 Å².